The molecule has 10 nitrogen and oxygen atoms in total. The predicted octanol–water partition coefficient (Wildman–Crippen LogP) is 2.52. The summed E-state index contributed by atoms with van der Waals surface area (Å²) in [5.41, 5.74) is 3.85. The molecule has 0 fully saturated rings. The lowest BCUT2D eigenvalue weighted by Gasteiger charge is -2.12. The van der Waals surface area contributed by atoms with Crippen LogP contribution in [-0.2, 0) is 51.2 Å². The Balaban J connectivity index is 1.97. The number of methoxy groups -OCH3 is 2. The van der Waals surface area contributed by atoms with Gasteiger partial charge in [-0.3, -0.25) is 4.18 Å². The Morgan fingerprint density at radius 2 is 1.54 bits per heavy atom. The molecule has 0 aliphatic carbocycles. The summed E-state index contributed by atoms with van der Waals surface area (Å²) < 4.78 is 53.7. The molecule has 1 heterocycles. The van der Waals surface area contributed by atoms with E-state index in [0.717, 1.165) is 22.9 Å². The summed E-state index contributed by atoms with van der Waals surface area (Å²) in [6.45, 7) is 5.12. The van der Waals surface area contributed by atoms with Crippen LogP contribution in [0.1, 0.15) is 27.3 Å². The number of esters is 1. The van der Waals surface area contributed by atoms with Crippen molar-refractivity contribution in [2.24, 2.45) is 0 Å². The zero-order chi connectivity index (χ0) is 25.7. The number of benzene rings is 1. The minimum Gasteiger partial charge on any atom is -0.464 e. The number of pyridine rings is 1. The number of carbonyl (C=O) groups excluding carboxylic acids is 1. The summed E-state index contributed by atoms with van der Waals surface area (Å²) in [6, 6.07) is 9.12. The molecule has 2 rings (SSSR count). The number of hydrogen-bond donors (Lipinski definition) is 0. The van der Waals surface area contributed by atoms with Gasteiger partial charge in [0.1, 0.15) is 12.3 Å². The molecule has 0 N–H and O–H groups in total. The third-order valence-electron chi connectivity index (χ3n) is 4.74. The highest BCUT2D eigenvalue weighted by Gasteiger charge is 2.15. The molecular weight excluding hydrogens is 478 g/mol. The SMILES string of the molecule is COCCOCCOCCOCc1ccc(-c2cc(COS(C)(=O)=O)nc(C(=O)OC)c2)c(C)c1. The van der Waals surface area contributed by atoms with E-state index in [4.69, 9.17) is 27.9 Å². The molecule has 0 saturated heterocycles. The first kappa shape index (κ1) is 28.8. The first-order valence-electron chi connectivity index (χ1n) is 11.0. The molecule has 35 heavy (non-hydrogen) atoms. The minimum absolute atomic E-state index is 0.0630. The lowest BCUT2D eigenvalue weighted by atomic mass is 9.98. The van der Waals surface area contributed by atoms with Gasteiger partial charge in [0.2, 0.25) is 0 Å². The largest absolute Gasteiger partial charge is 0.464 e. The number of aromatic nitrogens is 1. The standard InChI is InChI=1S/C24H33NO9S/c1-18-13-19(16-33-12-11-32-10-9-31-8-7-29-2)5-6-22(18)20-14-21(17-34-35(4,27)28)25-23(15-20)24(26)30-3/h5-6,13-15H,7-12,16-17H2,1-4H3. The monoisotopic (exact) mass is 511 g/mol. The zero-order valence-electron chi connectivity index (χ0n) is 20.6. The number of nitrogens with zero attached hydrogens (tertiary/aromatic N) is 1. The summed E-state index contributed by atoms with van der Waals surface area (Å²) in [5, 5.41) is 0. The van der Waals surface area contributed by atoms with Crippen LogP contribution in [-0.4, -0.2) is 79.5 Å². The van der Waals surface area contributed by atoms with Crippen molar-refractivity contribution in [1.29, 1.82) is 0 Å². The maximum Gasteiger partial charge on any atom is 0.356 e. The lowest BCUT2D eigenvalue weighted by Crippen LogP contribution is -2.11. The third kappa shape index (κ3) is 10.8. The minimum atomic E-state index is -3.66. The molecule has 11 heteroatoms. The highest BCUT2D eigenvalue weighted by Crippen LogP contribution is 2.26. The van der Waals surface area contributed by atoms with Crippen LogP contribution < -0.4 is 0 Å². The number of ether oxygens (including phenoxy) is 5. The second-order valence-electron chi connectivity index (χ2n) is 7.61. The molecule has 0 radical (unpaired) electrons. The van der Waals surface area contributed by atoms with Crippen LogP contribution in [0.3, 0.4) is 0 Å². The molecule has 1 aromatic heterocycles. The highest BCUT2D eigenvalue weighted by atomic mass is 32.2. The van der Waals surface area contributed by atoms with Gasteiger partial charge >= 0.3 is 5.97 Å². The van der Waals surface area contributed by atoms with Gasteiger partial charge in [-0.25, -0.2) is 9.78 Å². The van der Waals surface area contributed by atoms with Gasteiger partial charge in [0.15, 0.2) is 0 Å². The summed E-state index contributed by atoms with van der Waals surface area (Å²) >= 11 is 0. The summed E-state index contributed by atoms with van der Waals surface area (Å²) in [5.74, 6) is -0.626. The molecule has 0 saturated carbocycles. The van der Waals surface area contributed by atoms with Crippen molar-refractivity contribution in [3.63, 3.8) is 0 Å². The van der Waals surface area contributed by atoms with Crippen LogP contribution in [0.4, 0.5) is 0 Å². The molecule has 1 aromatic carbocycles. The van der Waals surface area contributed by atoms with Crippen molar-refractivity contribution < 1.29 is 41.1 Å². The Morgan fingerprint density at radius 1 is 0.886 bits per heavy atom. The smallest absolute Gasteiger partial charge is 0.356 e. The third-order valence-corrected chi connectivity index (χ3v) is 5.29. The van der Waals surface area contributed by atoms with E-state index in [2.05, 4.69) is 4.98 Å². The Hall–Kier alpha value is -2.41. The average molecular weight is 512 g/mol. The van der Waals surface area contributed by atoms with E-state index in [1.165, 1.54) is 7.11 Å². The summed E-state index contributed by atoms with van der Waals surface area (Å²) in [7, 11) is -0.781. The van der Waals surface area contributed by atoms with Gasteiger partial charge in [-0.1, -0.05) is 18.2 Å². The molecule has 0 spiro atoms. The van der Waals surface area contributed by atoms with Crippen LogP contribution in [0, 0.1) is 6.92 Å². The van der Waals surface area contributed by atoms with E-state index in [1.807, 2.05) is 25.1 Å². The Kier molecular flexibility index (Phi) is 12.2. The molecule has 0 bridgehead atoms. The maximum absolute atomic E-state index is 12.1. The van der Waals surface area contributed by atoms with Gasteiger partial charge in [-0.2, -0.15) is 8.42 Å². The summed E-state index contributed by atoms with van der Waals surface area (Å²) in [4.78, 5) is 16.2. The Labute approximate surface area is 206 Å². The van der Waals surface area contributed by atoms with E-state index in [1.54, 1.807) is 19.2 Å². The van der Waals surface area contributed by atoms with Gasteiger partial charge in [-0.15, -0.1) is 0 Å². The van der Waals surface area contributed by atoms with E-state index in [9.17, 15) is 13.2 Å². The van der Waals surface area contributed by atoms with Crippen molar-refractivity contribution in [3.05, 3.63) is 52.8 Å². The first-order chi connectivity index (χ1) is 16.7. The predicted molar refractivity (Wildman–Crippen MR) is 129 cm³/mol. The van der Waals surface area contributed by atoms with Crippen LogP contribution in [0.2, 0.25) is 0 Å². The van der Waals surface area contributed by atoms with E-state index in [-0.39, 0.29) is 12.3 Å². The van der Waals surface area contributed by atoms with Crippen LogP contribution in [0.25, 0.3) is 11.1 Å². The average Bonchev–Trinajstić information content (AvgIpc) is 2.83. The van der Waals surface area contributed by atoms with Crippen LogP contribution in [0.5, 0.6) is 0 Å². The number of rotatable bonds is 16. The topological polar surface area (TPSA) is 119 Å². The first-order valence-corrected chi connectivity index (χ1v) is 12.8. The number of hydrogen-bond acceptors (Lipinski definition) is 10. The normalized spacial score (nSPS) is 11.5. The fourth-order valence-electron chi connectivity index (χ4n) is 3.11. The van der Waals surface area contributed by atoms with E-state index < -0.39 is 16.1 Å². The van der Waals surface area contributed by atoms with E-state index in [0.29, 0.717) is 57.5 Å². The van der Waals surface area contributed by atoms with Crippen molar-refractivity contribution in [2.45, 2.75) is 20.1 Å². The second-order valence-corrected chi connectivity index (χ2v) is 9.25. The molecule has 0 unspecified atom stereocenters. The molecule has 0 amide bonds. The van der Waals surface area contributed by atoms with Crippen molar-refractivity contribution in [1.82, 2.24) is 4.98 Å². The van der Waals surface area contributed by atoms with Crippen LogP contribution in [0.15, 0.2) is 30.3 Å². The Morgan fingerprint density at radius 3 is 2.14 bits per heavy atom. The van der Waals surface area contributed by atoms with Crippen molar-refractivity contribution in [3.8, 4) is 11.1 Å². The zero-order valence-corrected chi connectivity index (χ0v) is 21.4. The molecule has 0 aliphatic heterocycles. The van der Waals surface area contributed by atoms with Crippen LogP contribution >= 0.6 is 0 Å². The fraction of sp³-hybridized carbons (Fsp3) is 0.500. The maximum atomic E-state index is 12.1. The molecule has 0 aliphatic rings. The van der Waals surface area contributed by atoms with Crippen molar-refractivity contribution >= 4 is 16.1 Å². The number of carbonyl (C=O) groups is 1. The number of aryl methyl sites for hydroxylation is 1. The van der Waals surface area contributed by atoms with Gasteiger partial charge in [0.05, 0.1) is 65.3 Å². The van der Waals surface area contributed by atoms with Gasteiger partial charge < -0.3 is 23.7 Å². The van der Waals surface area contributed by atoms with Crippen molar-refractivity contribution in [2.75, 3.05) is 60.1 Å². The fourth-order valence-corrected chi connectivity index (χ4v) is 3.44. The quantitative estimate of drug-likeness (QED) is 0.189. The van der Waals surface area contributed by atoms with E-state index >= 15 is 0 Å². The summed E-state index contributed by atoms with van der Waals surface area (Å²) in [6.07, 6.45) is 0.952. The lowest BCUT2D eigenvalue weighted by molar-refractivity contribution is 0.000866. The van der Waals surface area contributed by atoms with Gasteiger partial charge in [0, 0.05) is 7.11 Å². The molecule has 2 aromatic rings. The Bertz CT molecular complexity index is 1060. The molecular formula is C24H33NO9S. The highest BCUT2D eigenvalue weighted by molar-refractivity contribution is 7.85. The van der Waals surface area contributed by atoms with Gasteiger partial charge in [-0.05, 0) is 41.3 Å². The second kappa shape index (κ2) is 14.9. The molecule has 0 atom stereocenters. The molecule has 194 valence electrons. The van der Waals surface area contributed by atoms with Gasteiger partial charge in [0.25, 0.3) is 10.1 Å².